The van der Waals surface area contributed by atoms with Gasteiger partial charge in [0.2, 0.25) is 5.91 Å². The molecule has 0 saturated carbocycles. The second-order valence-corrected chi connectivity index (χ2v) is 4.55. The van der Waals surface area contributed by atoms with Crippen molar-refractivity contribution in [2.45, 2.75) is 33.7 Å². The minimum atomic E-state index is -0.449. The van der Waals surface area contributed by atoms with E-state index in [0.717, 1.165) is 16.9 Å². The smallest absolute Gasteiger partial charge is 0.238 e. The first-order valence-corrected chi connectivity index (χ1v) is 6.19. The van der Waals surface area contributed by atoms with Crippen LogP contribution in [0.25, 0.3) is 0 Å². The summed E-state index contributed by atoms with van der Waals surface area (Å²) in [5, 5.41) is 3.00. The molecule has 0 saturated heterocycles. The van der Waals surface area contributed by atoms with Crippen molar-refractivity contribution in [2.24, 2.45) is 5.73 Å². The Morgan fingerprint density at radius 2 is 1.89 bits per heavy atom. The molecule has 1 unspecified atom stereocenters. The lowest BCUT2D eigenvalue weighted by Gasteiger charge is -2.18. The summed E-state index contributed by atoms with van der Waals surface area (Å²) < 4.78 is 5.74. The Morgan fingerprint density at radius 3 is 2.33 bits per heavy atom. The minimum absolute atomic E-state index is 0.258. The van der Waals surface area contributed by atoms with Crippen LogP contribution in [0.1, 0.15) is 23.6 Å². The third-order valence-corrected chi connectivity index (χ3v) is 2.79. The maximum atomic E-state index is 11.2. The predicted octanol–water partition coefficient (Wildman–Crippen LogP) is 1.45. The van der Waals surface area contributed by atoms with E-state index in [-0.39, 0.29) is 12.5 Å². The number of primary amides is 1. The molecule has 0 spiro atoms. The molecule has 1 rings (SSSR count). The molecule has 0 aliphatic carbocycles. The maximum absolute atomic E-state index is 11.2. The van der Waals surface area contributed by atoms with Crippen LogP contribution in [-0.2, 0) is 4.79 Å². The molecule has 4 heteroatoms. The topological polar surface area (TPSA) is 64.3 Å². The first kappa shape index (κ1) is 14.5. The highest BCUT2D eigenvalue weighted by Crippen LogP contribution is 2.24. The van der Waals surface area contributed by atoms with Gasteiger partial charge >= 0.3 is 0 Å². The van der Waals surface area contributed by atoms with Gasteiger partial charge in [0.15, 0.2) is 0 Å². The predicted molar refractivity (Wildman–Crippen MR) is 72.8 cm³/mol. The number of rotatable bonds is 6. The molecule has 0 fully saturated rings. The summed E-state index contributed by atoms with van der Waals surface area (Å²) in [6, 6.07) is 3.68. The zero-order chi connectivity index (χ0) is 13.7. The number of benzene rings is 1. The number of aryl methyl sites for hydroxylation is 3. The molecule has 0 aliphatic rings. The summed E-state index contributed by atoms with van der Waals surface area (Å²) in [5.74, 6) is 0.448. The summed E-state index contributed by atoms with van der Waals surface area (Å²) in [5.41, 5.74) is 8.66. The van der Waals surface area contributed by atoms with Crippen molar-refractivity contribution in [3.63, 3.8) is 0 Å². The summed E-state index contributed by atoms with van der Waals surface area (Å²) in [4.78, 5) is 11.2. The summed E-state index contributed by atoms with van der Waals surface area (Å²) >= 11 is 0. The Kier molecular flexibility index (Phi) is 5.16. The molecule has 0 aromatic heterocycles. The van der Waals surface area contributed by atoms with Crippen LogP contribution in [-0.4, -0.2) is 25.1 Å². The highest BCUT2D eigenvalue weighted by Gasteiger charge is 2.15. The van der Waals surface area contributed by atoms with Crippen molar-refractivity contribution in [3.8, 4) is 5.75 Å². The van der Waals surface area contributed by atoms with Gasteiger partial charge in [-0.05, 0) is 38.4 Å². The lowest BCUT2D eigenvalue weighted by atomic mass is 10.1. The summed E-state index contributed by atoms with van der Waals surface area (Å²) in [7, 11) is 0. The van der Waals surface area contributed by atoms with E-state index in [1.165, 1.54) is 5.56 Å². The van der Waals surface area contributed by atoms with E-state index in [4.69, 9.17) is 10.5 Å². The molecule has 1 aromatic carbocycles. The molecule has 1 aromatic rings. The Morgan fingerprint density at radius 1 is 1.33 bits per heavy atom. The maximum Gasteiger partial charge on any atom is 0.238 e. The highest BCUT2D eigenvalue weighted by molar-refractivity contribution is 5.80. The van der Waals surface area contributed by atoms with Gasteiger partial charge in [-0.15, -0.1) is 0 Å². The third-order valence-electron chi connectivity index (χ3n) is 2.79. The Bertz CT molecular complexity index is 407. The van der Waals surface area contributed by atoms with Crippen LogP contribution in [0.3, 0.4) is 0 Å². The molecule has 3 N–H and O–H groups in total. The molecule has 0 radical (unpaired) electrons. The van der Waals surface area contributed by atoms with E-state index in [2.05, 4.69) is 24.4 Å². The first-order chi connectivity index (χ1) is 8.45. The fraction of sp³-hybridized carbons (Fsp3) is 0.500. The van der Waals surface area contributed by atoms with Gasteiger partial charge in [-0.1, -0.05) is 24.6 Å². The number of nitrogens with two attached hydrogens (primary N) is 1. The van der Waals surface area contributed by atoms with E-state index >= 15 is 0 Å². The molecular weight excluding hydrogens is 228 g/mol. The number of hydrogen-bond donors (Lipinski definition) is 2. The summed E-state index contributed by atoms with van der Waals surface area (Å²) in [6.45, 7) is 8.92. The second kappa shape index (κ2) is 6.40. The average molecular weight is 250 g/mol. The number of nitrogens with one attached hydrogen (secondary N) is 1. The van der Waals surface area contributed by atoms with Crippen LogP contribution in [0.4, 0.5) is 0 Å². The van der Waals surface area contributed by atoms with Crippen molar-refractivity contribution in [1.29, 1.82) is 0 Å². The van der Waals surface area contributed by atoms with Gasteiger partial charge in [0.05, 0.1) is 0 Å². The van der Waals surface area contributed by atoms with Crippen molar-refractivity contribution >= 4 is 5.91 Å². The average Bonchev–Trinajstić information content (AvgIpc) is 2.25. The van der Waals surface area contributed by atoms with Crippen LogP contribution in [0.5, 0.6) is 5.75 Å². The number of amides is 1. The van der Waals surface area contributed by atoms with Crippen molar-refractivity contribution in [3.05, 3.63) is 28.8 Å². The molecular formula is C14H22N2O2. The fourth-order valence-electron chi connectivity index (χ4n) is 2.05. The van der Waals surface area contributed by atoms with Crippen LogP contribution in [0.15, 0.2) is 12.1 Å². The Hall–Kier alpha value is -1.55. The number of hydrogen-bond acceptors (Lipinski definition) is 3. The molecule has 18 heavy (non-hydrogen) atoms. The monoisotopic (exact) mass is 250 g/mol. The largest absolute Gasteiger partial charge is 0.491 e. The molecule has 4 nitrogen and oxygen atoms in total. The lowest BCUT2D eigenvalue weighted by Crippen LogP contribution is -2.45. The molecule has 0 aliphatic heterocycles. The molecule has 1 atom stereocenters. The van der Waals surface area contributed by atoms with E-state index < -0.39 is 6.04 Å². The van der Waals surface area contributed by atoms with Crippen LogP contribution in [0, 0.1) is 20.8 Å². The fourth-order valence-corrected chi connectivity index (χ4v) is 2.05. The van der Waals surface area contributed by atoms with E-state index in [1.54, 1.807) is 0 Å². The van der Waals surface area contributed by atoms with Crippen molar-refractivity contribution < 1.29 is 9.53 Å². The van der Waals surface area contributed by atoms with Crippen LogP contribution >= 0.6 is 0 Å². The Balaban J connectivity index is 2.76. The number of carbonyl (C=O) groups is 1. The van der Waals surface area contributed by atoms with Gasteiger partial charge in [0, 0.05) is 0 Å². The van der Waals surface area contributed by atoms with Crippen LogP contribution < -0.4 is 15.8 Å². The number of ether oxygens (including phenoxy) is 1. The first-order valence-electron chi connectivity index (χ1n) is 6.19. The standard InChI is InChI=1S/C14H22N2O2/c1-5-16-12(14(15)17)8-18-13-10(3)6-9(2)7-11(13)4/h6-7,12,16H,5,8H2,1-4H3,(H2,15,17). The van der Waals surface area contributed by atoms with E-state index in [0.29, 0.717) is 6.54 Å². The van der Waals surface area contributed by atoms with Gasteiger partial charge in [-0.2, -0.15) is 0 Å². The van der Waals surface area contributed by atoms with Gasteiger partial charge in [0.25, 0.3) is 0 Å². The van der Waals surface area contributed by atoms with Crippen molar-refractivity contribution in [1.82, 2.24) is 5.32 Å². The summed E-state index contributed by atoms with van der Waals surface area (Å²) in [6.07, 6.45) is 0. The lowest BCUT2D eigenvalue weighted by molar-refractivity contribution is -0.120. The molecule has 0 bridgehead atoms. The minimum Gasteiger partial charge on any atom is -0.491 e. The number of carbonyl (C=O) groups excluding carboxylic acids is 1. The van der Waals surface area contributed by atoms with Crippen LogP contribution in [0.2, 0.25) is 0 Å². The third kappa shape index (κ3) is 3.74. The molecule has 1 amide bonds. The molecule has 100 valence electrons. The normalized spacial score (nSPS) is 12.2. The molecule has 0 heterocycles. The van der Waals surface area contributed by atoms with Gasteiger partial charge in [-0.25, -0.2) is 0 Å². The van der Waals surface area contributed by atoms with Gasteiger partial charge < -0.3 is 15.8 Å². The second-order valence-electron chi connectivity index (χ2n) is 4.55. The zero-order valence-corrected chi connectivity index (χ0v) is 11.5. The van der Waals surface area contributed by atoms with Gasteiger partial charge in [0.1, 0.15) is 18.4 Å². The van der Waals surface area contributed by atoms with Crippen molar-refractivity contribution in [2.75, 3.05) is 13.2 Å². The SMILES string of the molecule is CCNC(COc1c(C)cc(C)cc1C)C(N)=O. The number of likely N-dealkylation sites (N-methyl/N-ethyl adjacent to an activating group) is 1. The zero-order valence-electron chi connectivity index (χ0n) is 11.5. The Labute approximate surface area is 109 Å². The van der Waals surface area contributed by atoms with Gasteiger partial charge in [-0.3, -0.25) is 4.79 Å². The van der Waals surface area contributed by atoms with E-state index in [1.807, 2.05) is 20.8 Å². The quantitative estimate of drug-likeness (QED) is 0.803. The highest BCUT2D eigenvalue weighted by atomic mass is 16.5. The van der Waals surface area contributed by atoms with E-state index in [9.17, 15) is 4.79 Å².